The molecule has 11 nitrogen and oxygen atoms in total. The number of benzene rings is 2. The van der Waals surface area contributed by atoms with Crippen molar-refractivity contribution in [3.05, 3.63) is 18.2 Å². The Kier molecular flexibility index (Phi) is 5.45. The van der Waals surface area contributed by atoms with Crippen molar-refractivity contribution in [1.82, 2.24) is 0 Å². The molecule has 0 aliphatic carbocycles. The molecule has 1 aromatic heterocycles. The number of rotatable bonds is 5. The highest BCUT2D eigenvalue weighted by Gasteiger charge is 2.45. The van der Waals surface area contributed by atoms with Crippen molar-refractivity contribution in [2.75, 3.05) is 20.8 Å². The van der Waals surface area contributed by atoms with Crippen molar-refractivity contribution in [2.45, 2.75) is 30.7 Å². The van der Waals surface area contributed by atoms with Gasteiger partial charge < -0.3 is 54.0 Å². The van der Waals surface area contributed by atoms with Crippen LogP contribution < -0.4 is 14.2 Å². The quantitative estimate of drug-likeness (QED) is 0.321. The first-order valence-electron chi connectivity index (χ1n) is 9.31. The molecule has 4 rings (SSSR count). The normalized spacial score (nSPS) is 26.3. The van der Waals surface area contributed by atoms with E-state index in [1.165, 1.54) is 32.4 Å². The molecule has 6 N–H and O–H groups in total. The Balaban J connectivity index is 1.84. The number of hydrogen-bond acceptors (Lipinski definition) is 11. The topological polar surface area (TPSA) is 171 Å². The van der Waals surface area contributed by atoms with Crippen molar-refractivity contribution >= 4 is 21.9 Å². The molecule has 0 bridgehead atoms. The summed E-state index contributed by atoms with van der Waals surface area (Å²) < 4.78 is 27.3. The fourth-order valence-electron chi connectivity index (χ4n) is 3.64. The highest BCUT2D eigenvalue weighted by atomic mass is 16.7. The monoisotopic (exact) mass is 438 g/mol. The van der Waals surface area contributed by atoms with Gasteiger partial charge in [-0.3, -0.25) is 0 Å². The van der Waals surface area contributed by atoms with Crippen molar-refractivity contribution < 1.29 is 54.0 Å². The van der Waals surface area contributed by atoms with Crippen molar-refractivity contribution in [2.24, 2.45) is 0 Å². The van der Waals surface area contributed by atoms with Gasteiger partial charge in [0.05, 0.1) is 26.2 Å². The minimum atomic E-state index is -1.63. The zero-order valence-corrected chi connectivity index (χ0v) is 16.6. The van der Waals surface area contributed by atoms with Crippen LogP contribution in [0.4, 0.5) is 0 Å². The van der Waals surface area contributed by atoms with Crippen LogP contribution in [0.25, 0.3) is 21.9 Å². The summed E-state index contributed by atoms with van der Waals surface area (Å²) in [6.07, 6.45) is -7.41. The number of phenols is 2. The second-order valence-electron chi connectivity index (χ2n) is 7.04. The van der Waals surface area contributed by atoms with Gasteiger partial charge in [0.2, 0.25) is 17.8 Å². The molecule has 1 aliphatic heterocycles. The second kappa shape index (κ2) is 7.94. The number of methoxy groups -OCH3 is 2. The number of furan rings is 1. The summed E-state index contributed by atoms with van der Waals surface area (Å²) in [6.45, 7) is -0.614. The zero-order chi connectivity index (χ0) is 22.4. The second-order valence-corrected chi connectivity index (χ2v) is 7.04. The minimum absolute atomic E-state index is 0.0221. The molecule has 5 atom stereocenters. The Hall–Kier alpha value is -2.96. The molecule has 1 aliphatic rings. The average Bonchev–Trinajstić information content (AvgIpc) is 3.15. The van der Waals surface area contributed by atoms with Gasteiger partial charge in [0, 0.05) is 5.39 Å². The van der Waals surface area contributed by atoms with Crippen LogP contribution in [0.1, 0.15) is 0 Å². The predicted molar refractivity (Wildman–Crippen MR) is 105 cm³/mol. The maximum absolute atomic E-state index is 10.4. The van der Waals surface area contributed by atoms with Gasteiger partial charge in [0.1, 0.15) is 30.2 Å². The summed E-state index contributed by atoms with van der Waals surface area (Å²) in [5, 5.41) is 60.9. The van der Waals surface area contributed by atoms with E-state index >= 15 is 0 Å². The van der Waals surface area contributed by atoms with E-state index in [9.17, 15) is 30.6 Å². The van der Waals surface area contributed by atoms with Crippen LogP contribution in [0.3, 0.4) is 0 Å². The molecular formula is C20H22O11. The third-order valence-electron chi connectivity index (χ3n) is 5.26. The standard InChI is InChI=1S/C20H22O11/c1-27-10-5-7-12-8(22)3-4-9(18(12)31-17(7)19(28-2)14(10)24)29-20-16(26)15(25)13(23)11(6-21)30-20/h3-5,11,13,15-16,20-26H,6H2,1-2H3/t11-,13-,15+,16-,20-/m1/s1. The Morgan fingerprint density at radius 3 is 2.32 bits per heavy atom. The molecule has 1 saturated heterocycles. The molecule has 0 amide bonds. The number of ether oxygens (including phenoxy) is 4. The van der Waals surface area contributed by atoms with Crippen molar-refractivity contribution in [3.63, 3.8) is 0 Å². The number of hydrogen-bond donors (Lipinski definition) is 6. The lowest BCUT2D eigenvalue weighted by Crippen LogP contribution is -2.60. The summed E-state index contributed by atoms with van der Waals surface area (Å²) >= 11 is 0. The number of fused-ring (bicyclic) bond motifs is 3. The molecule has 0 saturated carbocycles. The van der Waals surface area contributed by atoms with E-state index in [0.29, 0.717) is 5.39 Å². The Labute approximate surface area is 175 Å². The van der Waals surface area contributed by atoms with Crippen LogP contribution in [-0.4, -0.2) is 82.2 Å². The fourth-order valence-corrected chi connectivity index (χ4v) is 3.64. The van der Waals surface area contributed by atoms with Crippen molar-refractivity contribution in [1.29, 1.82) is 0 Å². The van der Waals surface area contributed by atoms with E-state index in [-0.39, 0.29) is 45.3 Å². The third-order valence-corrected chi connectivity index (χ3v) is 5.26. The molecule has 31 heavy (non-hydrogen) atoms. The van der Waals surface area contributed by atoms with Crippen molar-refractivity contribution in [3.8, 4) is 28.7 Å². The number of phenolic OH excluding ortho intramolecular Hbond substituents is 2. The Morgan fingerprint density at radius 1 is 0.935 bits per heavy atom. The number of aliphatic hydroxyl groups excluding tert-OH is 4. The summed E-state index contributed by atoms with van der Waals surface area (Å²) in [7, 11) is 2.68. The van der Waals surface area contributed by atoms with Gasteiger partial charge >= 0.3 is 0 Å². The Morgan fingerprint density at radius 2 is 1.68 bits per heavy atom. The molecular weight excluding hydrogens is 416 g/mol. The van der Waals surface area contributed by atoms with Gasteiger partial charge in [-0.05, 0) is 18.2 Å². The predicted octanol–water partition coefficient (Wildman–Crippen LogP) is 0.193. The minimum Gasteiger partial charge on any atom is -0.507 e. The van der Waals surface area contributed by atoms with E-state index < -0.39 is 37.3 Å². The number of aliphatic hydroxyl groups is 4. The molecule has 0 radical (unpaired) electrons. The Bertz CT molecular complexity index is 1110. The van der Waals surface area contributed by atoms with Gasteiger partial charge in [-0.25, -0.2) is 0 Å². The van der Waals surface area contributed by atoms with E-state index in [1.807, 2.05) is 0 Å². The summed E-state index contributed by atoms with van der Waals surface area (Å²) in [5.74, 6) is -0.374. The summed E-state index contributed by atoms with van der Waals surface area (Å²) in [6, 6.07) is 4.13. The SMILES string of the molecule is COc1cc2c(oc3c(O[C@@H]4O[C@H](CO)[C@@H](O)[C@H](O)[C@H]4O)ccc(O)c32)c(OC)c1O. The maximum Gasteiger partial charge on any atom is 0.229 e. The van der Waals surface area contributed by atoms with Crippen LogP contribution in [0.5, 0.6) is 28.7 Å². The molecule has 2 heterocycles. The summed E-state index contributed by atoms with van der Waals surface area (Å²) in [5.41, 5.74) is 0.147. The first-order valence-corrected chi connectivity index (χ1v) is 9.31. The van der Waals surface area contributed by atoms with E-state index in [2.05, 4.69) is 0 Å². The van der Waals surface area contributed by atoms with Gasteiger partial charge in [-0.1, -0.05) is 0 Å². The highest BCUT2D eigenvalue weighted by Crippen LogP contribution is 2.49. The molecule has 11 heteroatoms. The van der Waals surface area contributed by atoms with Crippen LogP contribution in [-0.2, 0) is 4.74 Å². The highest BCUT2D eigenvalue weighted by molar-refractivity contribution is 6.12. The number of aromatic hydroxyl groups is 2. The molecule has 168 valence electrons. The molecule has 0 spiro atoms. The fraction of sp³-hybridized carbons (Fsp3) is 0.400. The maximum atomic E-state index is 10.4. The lowest BCUT2D eigenvalue weighted by atomic mass is 9.99. The molecule has 0 unspecified atom stereocenters. The zero-order valence-electron chi connectivity index (χ0n) is 16.6. The van der Waals surface area contributed by atoms with Crippen LogP contribution in [0.15, 0.2) is 22.6 Å². The lowest BCUT2D eigenvalue weighted by molar-refractivity contribution is -0.277. The smallest absolute Gasteiger partial charge is 0.229 e. The van der Waals surface area contributed by atoms with E-state index in [0.717, 1.165) is 0 Å². The van der Waals surface area contributed by atoms with Crippen LogP contribution in [0.2, 0.25) is 0 Å². The van der Waals surface area contributed by atoms with Crippen LogP contribution >= 0.6 is 0 Å². The van der Waals surface area contributed by atoms with E-state index in [1.54, 1.807) is 0 Å². The van der Waals surface area contributed by atoms with Gasteiger partial charge in [-0.15, -0.1) is 0 Å². The van der Waals surface area contributed by atoms with Gasteiger partial charge in [0.25, 0.3) is 0 Å². The average molecular weight is 438 g/mol. The van der Waals surface area contributed by atoms with Crippen LogP contribution in [0, 0.1) is 0 Å². The molecule has 3 aromatic rings. The van der Waals surface area contributed by atoms with E-state index in [4.69, 9.17) is 23.4 Å². The largest absolute Gasteiger partial charge is 0.507 e. The first-order chi connectivity index (χ1) is 14.8. The summed E-state index contributed by atoms with van der Waals surface area (Å²) in [4.78, 5) is 0. The third kappa shape index (κ3) is 3.27. The molecule has 2 aromatic carbocycles. The lowest BCUT2D eigenvalue weighted by Gasteiger charge is -2.39. The van der Waals surface area contributed by atoms with Gasteiger partial charge in [-0.2, -0.15) is 0 Å². The first kappa shape index (κ1) is 21.3. The van der Waals surface area contributed by atoms with Gasteiger partial charge in [0.15, 0.2) is 22.7 Å². The molecule has 1 fully saturated rings.